The average molecular weight is 487 g/mol. The monoisotopic (exact) mass is 486 g/mol. The first kappa shape index (κ1) is 23.6. The normalized spacial score (nSPS) is 59.4. The summed E-state index contributed by atoms with van der Waals surface area (Å²) in [4.78, 5) is 0. The highest BCUT2D eigenvalue weighted by Crippen LogP contribution is 2.73. The number of rotatable bonds is 0. The van der Waals surface area contributed by atoms with Gasteiger partial charge >= 0.3 is 0 Å². The van der Waals surface area contributed by atoms with Crippen molar-refractivity contribution in [1.29, 1.82) is 0 Å². The molecule has 1 saturated carbocycles. The molecule has 2 N–H and O–H groups in total. The summed E-state index contributed by atoms with van der Waals surface area (Å²) in [6, 6.07) is 0. The standard InChI is InChI=1S/C30H46O5/c1-16-22-19(33-30(32)23(16)35-26(4,5)24(30)31)15-28(7)18-8-9-20-25(2,3)21-11-13-29(20,34-21)14-17(18)10-12-27(22,28)6/h16,19-24,31-32H,8-15H2,1-7H3/t16-,19-,20-,21-,22-,23+,24+,27+,28-,29-,30-/m0/s1. The zero-order valence-electron chi connectivity index (χ0n) is 22.8. The van der Waals surface area contributed by atoms with Gasteiger partial charge in [0.2, 0.25) is 5.79 Å². The molecular weight excluding hydrogens is 440 g/mol. The van der Waals surface area contributed by atoms with Crippen molar-refractivity contribution in [3.8, 4) is 0 Å². The summed E-state index contributed by atoms with van der Waals surface area (Å²) in [5, 5.41) is 22.7. The molecule has 35 heavy (non-hydrogen) atoms. The second-order valence-corrected chi connectivity index (χ2v) is 15.2. The van der Waals surface area contributed by atoms with Gasteiger partial charge in [-0.15, -0.1) is 0 Å². The summed E-state index contributed by atoms with van der Waals surface area (Å²) in [6.45, 7) is 15.9. The summed E-state index contributed by atoms with van der Waals surface area (Å²) in [6.07, 6.45) is 8.00. The van der Waals surface area contributed by atoms with E-state index in [0.717, 1.165) is 25.7 Å². The van der Waals surface area contributed by atoms with E-state index in [2.05, 4.69) is 34.6 Å². The van der Waals surface area contributed by atoms with Gasteiger partial charge in [-0.25, -0.2) is 0 Å². The Bertz CT molecular complexity index is 1000. The summed E-state index contributed by atoms with van der Waals surface area (Å²) in [5.41, 5.74) is 2.99. The molecule has 0 amide bonds. The first-order chi connectivity index (χ1) is 16.2. The van der Waals surface area contributed by atoms with Gasteiger partial charge in [0, 0.05) is 0 Å². The van der Waals surface area contributed by atoms with E-state index in [1.807, 2.05) is 13.8 Å². The average Bonchev–Trinajstić information content (AvgIpc) is 3.34. The molecule has 4 saturated heterocycles. The largest absolute Gasteiger partial charge is 0.384 e. The molecule has 7 rings (SSSR count). The highest BCUT2D eigenvalue weighted by molar-refractivity contribution is 5.37. The van der Waals surface area contributed by atoms with Crippen LogP contribution in [0.25, 0.3) is 0 Å². The first-order valence-electron chi connectivity index (χ1n) is 14.3. The maximum absolute atomic E-state index is 11.6. The van der Waals surface area contributed by atoms with E-state index in [0.29, 0.717) is 17.9 Å². The quantitative estimate of drug-likeness (QED) is 0.465. The van der Waals surface area contributed by atoms with E-state index in [9.17, 15) is 10.2 Å². The van der Waals surface area contributed by atoms with Gasteiger partial charge in [0.05, 0.1) is 23.4 Å². The maximum Gasteiger partial charge on any atom is 0.222 e. The van der Waals surface area contributed by atoms with E-state index >= 15 is 0 Å². The van der Waals surface area contributed by atoms with Crippen LogP contribution in [-0.2, 0) is 14.2 Å². The molecule has 2 bridgehead atoms. The van der Waals surface area contributed by atoms with Crippen molar-refractivity contribution in [2.75, 3.05) is 0 Å². The third kappa shape index (κ3) is 2.54. The molecule has 0 aromatic rings. The predicted molar refractivity (Wildman–Crippen MR) is 132 cm³/mol. The van der Waals surface area contributed by atoms with Crippen LogP contribution in [0.15, 0.2) is 11.1 Å². The molecule has 5 fully saturated rings. The number of fused-ring (bicyclic) bond motifs is 6. The SMILES string of the molecule is C[C@H]1[C@H]2[C@H](C[C@@]3(C)C4=C(CC[C@]23C)C[C@]23CC[C@H](O2)C(C)(C)[C@@H]3CC4)O[C@@]2(O)[C@@H]1OC(C)(C)[C@H]2O. The number of ether oxygens (including phenoxy) is 3. The molecule has 4 heterocycles. The lowest BCUT2D eigenvalue weighted by atomic mass is 9.52. The van der Waals surface area contributed by atoms with Gasteiger partial charge in [-0.2, -0.15) is 0 Å². The lowest BCUT2D eigenvalue weighted by Crippen LogP contribution is -2.62. The smallest absolute Gasteiger partial charge is 0.222 e. The Morgan fingerprint density at radius 1 is 0.914 bits per heavy atom. The Labute approximate surface area is 211 Å². The molecule has 11 atom stereocenters. The minimum absolute atomic E-state index is 0.0388. The summed E-state index contributed by atoms with van der Waals surface area (Å²) < 4.78 is 19.7. The fourth-order valence-electron chi connectivity index (χ4n) is 11.3. The summed E-state index contributed by atoms with van der Waals surface area (Å²) >= 11 is 0. The van der Waals surface area contributed by atoms with Crippen molar-refractivity contribution in [1.82, 2.24) is 0 Å². The number of hydrogen-bond donors (Lipinski definition) is 2. The highest BCUT2D eigenvalue weighted by atomic mass is 16.7. The molecule has 0 radical (unpaired) electrons. The van der Waals surface area contributed by atoms with Crippen molar-refractivity contribution in [3.05, 3.63) is 11.1 Å². The van der Waals surface area contributed by atoms with Gasteiger partial charge in [-0.1, -0.05) is 45.8 Å². The number of allylic oxidation sites excluding steroid dienone is 1. The molecule has 0 unspecified atom stereocenters. The van der Waals surface area contributed by atoms with E-state index in [4.69, 9.17) is 14.2 Å². The van der Waals surface area contributed by atoms with E-state index < -0.39 is 23.6 Å². The maximum atomic E-state index is 11.6. The molecule has 196 valence electrons. The van der Waals surface area contributed by atoms with E-state index in [1.165, 1.54) is 25.7 Å². The number of aliphatic hydroxyl groups is 2. The minimum Gasteiger partial charge on any atom is -0.384 e. The Morgan fingerprint density at radius 3 is 2.40 bits per heavy atom. The molecule has 3 aliphatic carbocycles. The van der Waals surface area contributed by atoms with Gasteiger partial charge in [-0.05, 0) is 99.2 Å². The van der Waals surface area contributed by atoms with Crippen molar-refractivity contribution in [2.24, 2.45) is 34.0 Å². The van der Waals surface area contributed by atoms with Gasteiger partial charge in [-0.3, -0.25) is 0 Å². The van der Waals surface area contributed by atoms with Crippen LogP contribution in [0, 0.1) is 34.0 Å². The van der Waals surface area contributed by atoms with Crippen molar-refractivity contribution in [3.63, 3.8) is 0 Å². The van der Waals surface area contributed by atoms with Crippen LogP contribution in [-0.4, -0.2) is 51.6 Å². The number of hydrogen-bond acceptors (Lipinski definition) is 5. The molecule has 0 aromatic heterocycles. The Hall–Kier alpha value is -0.460. The molecule has 5 heteroatoms. The zero-order valence-corrected chi connectivity index (χ0v) is 22.8. The van der Waals surface area contributed by atoms with Crippen LogP contribution in [0.4, 0.5) is 0 Å². The highest BCUT2D eigenvalue weighted by Gasteiger charge is 2.74. The topological polar surface area (TPSA) is 68.2 Å². The van der Waals surface area contributed by atoms with Crippen molar-refractivity contribution in [2.45, 2.75) is 141 Å². The summed E-state index contributed by atoms with van der Waals surface area (Å²) in [5.74, 6) is -0.570. The third-order valence-electron chi connectivity index (χ3n) is 13.1. The fraction of sp³-hybridized carbons (Fsp3) is 0.933. The van der Waals surface area contributed by atoms with Crippen LogP contribution >= 0.6 is 0 Å². The van der Waals surface area contributed by atoms with Crippen LogP contribution < -0.4 is 0 Å². The number of aliphatic hydroxyl groups excluding tert-OH is 1. The Morgan fingerprint density at radius 2 is 1.66 bits per heavy atom. The van der Waals surface area contributed by atoms with Gasteiger partial charge in [0.15, 0.2) is 0 Å². The Balaban J connectivity index is 1.27. The lowest BCUT2D eigenvalue weighted by Gasteiger charge is -2.54. The van der Waals surface area contributed by atoms with Gasteiger partial charge in [0.1, 0.15) is 12.2 Å². The summed E-state index contributed by atoms with van der Waals surface area (Å²) in [7, 11) is 0. The molecular formula is C30H46O5. The van der Waals surface area contributed by atoms with Gasteiger partial charge < -0.3 is 24.4 Å². The Kier molecular flexibility index (Phi) is 4.44. The second-order valence-electron chi connectivity index (χ2n) is 15.2. The van der Waals surface area contributed by atoms with Crippen molar-refractivity contribution >= 4 is 0 Å². The molecule has 4 aliphatic heterocycles. The van der Waals surface area contributed by atoms with Gasteiger partial charge in [0.25, 0.3) is 0 Å². The van der Waals surface area contributed by atoms with Crippen molar-refractivity contribution < 1.29 is 24.4 Å². The third-order valence-corrected chi connectivity index (χ3v) is 13.1. The van der Waals surface area contributed by atoms with Crippen LogP contribution in [0.2, 0.25) is 0 Å². The molecule has 7 aliphatic rings. The zero-order chi connectivity index (χ0) is 25.0. The predicted octanol–water partition coefficient (Wildman–Crippen LogP) is 5.13. The van der Waals surface area contributed by atoms with E-state index in [-0.39, 0.29) is 33.9 Å². The minimum atomic E-state index is -1.63. The fourth-order valence-corrected chi connectivity index (χ4v) is 11.3. The van der Waals surface area contributed by atoms with E-state index in [1.54, 1.807) is 11.1 Å². The van der Waals surface area contributed by atoms with Crippen LogP contribution in [0.5, 0.6) is 0 Å². The van der Waals surface area contributed by atoms with Crippen LogP contribution in [0.3, 0.4) is 0 Å². The lowest BCUT2D eigenvalue weighted by molar-refractivity contribution is -0.326. The molecule has 1 spiro atoms. The molecule has 0 aromatic carbocycles. The first-order valence-corrected chi connectivity index (χ1v) is 14.3. The second kappa shape index (κ2) is 6.57. The van der Waals surface area contributed by atoms with Crippen LogP contribution in [0.1, 0.15) is 99.8 Å². The molecule has 5 nitrogen and oxygen atoms in total.